The van der Waals surface area contributed by atoms with E-state index >= 15 is 0 Å². The second kappa shape index (κ2) is 6.63. The zero-order valence-corrected chi connectivity index (χ0v) is 13.8. The quantitative estimate of drug-likeness (QED) is 0.872. The summed E-state index contributed by atoms with van der Waals surface area (Å²) in [5.41, 5.74) is 3.00. The summed E-state index contributed by atoms with van der Waals surface area (Å²) in [5.74, 6) is 1.55. The van der Waals surface area contributed by atoms with Crippen LogP contribution in [0.3, 0.4) is 0 Å². The van der Waals surface area contributed by atoms with E-state index in [1.54, 1.807) is 6.20 Å². The van der Waals surface area contributed by atoms with Crippen LogP contribution in [0, 0.1) is 5.92 Å². The molecule has 1 aromatic carbocycles. The SMILES string of the molecule is O=C(c1ccnc(C[C@@H]2COc3ccccc3C2)c1)N1CCCC1. The molecule has 4 heteroatoms. The number of ether oxygens (including phenoxy) is 1. The Balaban J connectivity index is 1.46. The number of likely N-dealkylation sites (tertiary alicyclic amines) is 1. The second-order valence-corrected chi connectivity index (χ2v) is 6.73. The summed E-state index contributed by atoms with van der Waals surface area (Å²) in [6, 6.07) is 12.0. The van der Waals surface area contributed by atoms with Crippen molar-refractivity contribution >= 4 is 5.91 Å². The van der Waals surface area contributed by atoms with Crippen molar-refractivity contribution in [3.05, 3.63) is 59.4 Å². The number of nitrogens with zero attached hydrogens (tertiary/aromatic N) is 2. The van der Waals surface area contributed by atoms with Crippen LogP contribution in [0.25, 0.3) is 0 Å². The lowest BCUT2D eigenvalue weighted by Crippen LogP contribution is -2.28. The van der Waals surface area contributed by atoms with Crippen molar-refractivity contribution in [1.82, 2.24) is 9.88 Å². The fraction of sp³-hybridized carbons (Fsp3) is 0.400. The fourth-order valence-electron chi connectivity index (χ4n) is 3.64. The molecule has 4 nitrogen and oxygen atoms in total. The van der Waals surface area contributed by atoms with E-state index in [0.29, 0.717) is 12.5 Å². The molecule has 2 aliphatic heterocycles. The molecule has 0 saturated carbocycles. The van der Waals surface area contributed by atoms with Crippen molar-refractivity contribution in [3.63, 3.8) is 0 Å². The van der Waals surface area contributed by atoms with Crippen molar-refractivity contribution in [2.24, 2.45) is 5.92 Å². The van der Waals surface area contributed by atoms with Crippen LogP contribution < -0.4 is 4.74 Å². The minimum Gasteiger partial charge on any atom is -0.493 e. The molecule has 1 saturated heterocycles. The maximum Gasteiger partial charge on any atom is 0.253 e. The topological polar surface area (TPSA) is 42.4 Å². The predicted molar refractivity (Wildman–Crippen MR) is 92.2 cm³/mol. The largest absolute Gasteiger partial charge is 0.493 e. The Kier molecular flexibility index (Phi) is 4.20. The molecule has 24 heavy (non-hydrogen) atoms. The number of carbonyl (C=O) groups is 1. The van der Waals surface area contributed by atoms with Gasteiger partial charge in [-0.1, -0.05) is 18.2 Å². The summed E-state index contributed by atoms with van der Waals surface area (Å²) in [6.07, 6.45) is 5.83. The average Bonchev–Trinajstić information content (AvgIpc) is 3.16. The lowest BCUT2D eigenvalue weighted by atomic mass is 9.92. The first-order chi connectivity index (χ1) is 11.8. The summed E-state index contributed by atoms with van der Waals surface area (Å²) >= 11 is 0. The van der Waals surface area contributed by atoms with Gasteiger partial charge in [0.25, 0.3) is 5.91 Å². The maximum absolute atomic E-state index is 12.5. The summed E-state index contributed by atoms with van der Waals surface area (Å²) in [5, 5.41) is 0. The summed E-state index contributed by atoms with van der Waals surface area (Å²) in [7, 11) is 0. The number of pyridine rings is 1. The monoisotopic (exact) mass is 322 g/mol. The maximum atomic E-state index is 12.5. The lowest BCUT2D eigenvalue weighted by Gasteiger charge is -2.25. The summed E-state index contributed by atoms with van der Waals surface area (Å²) in [6.45, 7) is 2.47. The molecule has 0 unspecified atom stereocenters. The van der Waals surface area contributed by atoms with E-state index in [-0.39, 0.29) is 5.91 Å². The Bertz CT molecular complexity index is 738. The number of hydrogen-bond donors (Lipinski definition) is 0. The number of hydrogen-bond acceptors (Lipinski definition) is 3. The Morgan fingerprint density at radius 1 is 1.21 bits per heavy atom. The van der Waals surface area contributed by atoms with Crippen LogP contribution in [-0.4, -0.2) is 35.5 Å². The molecule has 0 spiro atoms. The highest BCUT2D eigenvalue weighted by Gasteiger charge is 2.22. The first kappa shape index (κ1) is 15.2. The number of rotatable bonds is 3. The molecule has 3 heterocycles. The molecular weight excluding hydrogens is 300 g/mol. The molecule has 2 aliphatic rings. The van der Waals surface area contributed by atoms with Crippen molar-refractivity contribution in [3.8, 4) is 5.75 Å². The predicted octanol–water partition coefficient (Wildman–Crippen LogP) is 3.11. The molecule has 1 fully saturated rings. The molecule has 1 amide bonds. The third kappa shape index (κ3) is 3.14. The molecule has 0 bridgehead atoms. The molecule has 2 aromatic rings. The van der Waals surface area contributed by atoms with Gasteiger partial charge in [0.1, 0.15) is 5.75 Å². The van der Waals surface area contributed by atoms with Crippen molar-refractivity contribution in [2.75, 3.05) is 19.7 Å². The number of para-hydroxylation sites is 1. The van der Waals surface area contributed by atoms with E-state index in [9.17, 15) is 4.79 Å². The first-order valence-electron chi connectivity index (χ1n) is 8.74. The average molecular weight is 322 g/mol. The van der Waals surface area contributed by atoms with Gasteiger partial charge in [-0.15, -0.1) is 0 Å². The normalized spacial score (nSPS) is 19.7. The third-order valence-electron chi connectivity index (χ3n) is 4.91. The molecular formula is C20H22N2O2. The zero-order chi connectivity index (χ0) is 16.4. The Hall–Kier alpha value is -2.36. The lowest BCUT2D eigenvalue weighted by molar-refractivity contribution is 0.0792. The Morgan fingerprint density at radius 3 is 2.92 bits per heavy atom. The van der Waals surface area contributed by atoms with Gasteiger partial charge < -0.3 is 9.64 Å². The van der Waals surface area contributed by atoms with Gasteiger partial charge in [0.05, 0.1) is 6.61 Å². The van der Waals surface area contributed by atoms with Crippen LogP contribution in [0.15, 0.2) is 42.6 Å². The third-order valence-corrected chi connectivity index (χ3v) is 4.91. The van der Waals surface area contributed by atoms with Gasteiger partial charge in [-0.05, 0) is 49.4 Å². The standard InChI is InChI=1S/C20H22N2O2/c23-20(22-9-3-4-10-22)17-7-8-21-18(13-17)12-15-11-16-5-1-2-6-19(16)24-14-15/h1-2,5-8,13,15H,3-4,9-12,14H2/t15-/m1/s1. The van der Waals surface area contributed by atoms with Gasteiger partial charge in [0.2, 0.25) is 0 Å². The molecule has 4 rings (SSSR count). The molecule has 1 aromatic heterocycles. The second-order valence-electron chi connectivity index (χ2n) is 6.73. The molecule has 0 N–H and O–H groups in total. The van der Waals surface area contributed by atoms with Crippen LogP contribution in [0.5, 0.6) is 5.75 Å². The highest BCUT2D eigenvalue weighted by atomic mass is 16.5. The van der Waals surface area contributed by atoms with Crippen molar-refractivity contribution < 1.29 is 9.53 Å². The number of carbonyl (C=O) groups excluding carboxylic acids is 1. The van der Waals surface area contributed by atoms with Crippen molar-refractivity contribution in [1.29, 1.82) is 0 Å². The minimum atomic E-state index is 0.140. The smallest absolute Gasteiger partial charge is 0.253 e. The van der Waals surface area contributed by atoms with E-state index in [2.05, 4.69) is 17.1 Å². The summed E-state index contributed by atoms with van der Waals surface area (Å²) < 4.78 is 5.86. The van der Waals surface area contributed by atoms with E-state index < -0.39 is 0 Å². The van der Waals surface area contributed by atoms with Crippen LogP contribution in [0.2, 0.25) is 0 Å². The van der Waals surface area contributed by atoms with Gasteiger partial charge in [0, 0.05) is 36.5 Å². The van der Waals surface area contributed by atoms with E-state index in [1.807, 2.05) is 29.2 Å². The molecule has 0 aliphatic carbocycles. The highest BCUT2D eigenvalue weighted by Crippen LogP contribution is 2.28. The molecule has 1 atom stereocenters. The van der Waals surface area contributed by atoms with Gasteiger partial charge in [-0.25, -0.2) is 0 Å². The van der Waals surface area contributed by atoms with E-state index in [4.69, 9.17) is 4.74 Å². The Labute approximate surface area is 142 Å². The van der Waals surface area contributed by atoms with Crippen molar-refractivity contribution in [2.45, 2.75) is 25.7 Å². The molecule has 124 valence electrons. The Morgan fingerprint density at radius 2 is 2.04 bits per heavy atom. The van der Waals surface area contributed by atoms with Gasteiger partial charge in [-0.2, -0.15) is 0 Å². The number of aromatic nitrogens is 1. The summed E-state index contributed by atoms with van der Waals surface area (Å²) in [4.78, 5) is 18.9. The van der Waals surface area contributed by atoms with Gasteiger partial charge >= 0.3 is 0 Å². The highest BCUT2D eigenvalue weighted by molar-refractivity contribution is 5.94. The fourth-order valence-corrected chi connectivity index (χ4v) is 3.64. The van der Waals surface area contributed by atoms with E-state index in [0.717, 1.165) is 55.8 Å². The van der Waals surface area contributed by atoms with Gasteiger partial charge in [0.15, 0.2) is 0 Å². The van der Waals surface area contributed by atoms with E-state index in [1.165, 1.54) is 5.56 Å². The van der Waals surface area contributed by atoms with Crippen LogP contribution in [-0.2, 0) is 12.8 Å². The zero-order valence-electron chi connectivity index (χ0n) is 13.8. The molecule has 0 radical (unpaired) electrons. The van der Waals surface area contributed by atoms with Crippen LogP contribution in [0.4, 0.5) is 0 Å². The first-order valence-corrected chi connectivity index (χ1v) is 8.74. The number of benzene rings is 1. The number of amides is 1. The van der Waals surface area contributed by atoms with Crippen LogP contribution in [0.1, 0.15) is 34.5 Å². The minimum absolute atomic E-state index is 0.140. The number of fused-ring (bicyclic) bond motifs is 1. The van der Waals surface area contributed by atoms with Gasteiger partial charge in [-0.3, -0.25) is 9.78 Å². The van der Waals surface area contributed by atoms with Crippen LogP contribution >= 0.6 is 0 Å².